The van der Waals surface area contributed by atoms with Crippen LogP contribution in [0.4, 0.5) is 4.79 Å². The van der Waals surface area contributed by atoms with Gasteiger partial charge in [-0.15, -0.1) is 0 Å². The zero-order valence-electron chi connectivity index (χ0n) is 19.6. The second-order valence-electron chi connectivity index (χ2n) is 10.5. The summed E-state index contributed by atoms with van der Waals surface area (Å²) in [5.74, 6) is -0.690. The van der Waals surface area contributed by atoms with Crippen molar-refractivity contribution >= 4 is 18.0 Å². The Balaban J connectivity index is 1.03. The van der Waals surface area contributed by atoms with E-state index in [-0.39, 0.29) is 30.3 Å². The number of carboxylic acids is 1. The Kier molecular flexibility index (Phi) is 5.31. The van der Waals surface area contributed by atoms with Gasteiger partial charge in [-0.2, -0.15) is 0 Å². The van der Waals surface area contributed by atoms with E-state index in [4.69, 9.17) is 4.74 Å². The van der Waals surface area contributed by atoms with Gasteiger partial charge in [0, 0.05) is 24.9 Å². The molecule has 2 heterocycles. The number of fused-ring (bicyclic) bond motifs is 6. The number of rotatable bonds is 6. The Bertz CT molecular complexity index is 1140. The van der Waals surface area contributed by atoms with Crippen molar-refractivity contribution in [1.82, 2.24) is 10.2 Å². The first kappa shape index (κ1) is 22.1. The summed E-state index contributed by atoms with van der Waals surface area (Å²) in [4.78, 5) is 39.3. The van der Waals surface area contributed by atoms with Crippen LogP contribution in [0, 0.1) is 17.8 Å². The average Bonchev–Trinajstić information content (AvgIpc) is 3.61. The van der Waals surface area contributed by atoms with Gasteiger partial charge in [-0.1, -0.05) is 48.5 Å². The largest absolute Gasteiger partial charge is 0.479 e. The molecular formula is C28H30N2O5. The van der Waals surface area contributed by atoms with Gasteiger partial charge < -0.3 is 20.1 Å². The molecule has 5 aliphatic rings. The maximum atomic E-state index is 13.2. The highest BCUT2D eigenvalue weighted by Gasteiger charge is 2.57. The molecule has 2 bridgehead atoms. The number of hydrogen-bond acceptors (Lipinski definition) is 4. The lowest BCUT2D eigenvalue weighted by atomic mass is 9.70. The molecule has 0 unspecified atom stereocenters. The summed E-state index contributed by atoms with van der Waals surface area (Å²) in [5.41, 5.74) is 3.67. The predicted octanol–water partition coefficient (Wildman–Crippen LogP) is 4.02. The Morgan fingerprint density at radius 3 is 2.26 bits per heavy atom. The fourth-order valence-corrected chi connectivity index (χ4v) is 6.51. The highest BCUT2D eigenvalue weighted by Crippen LogP contribution is 2.48. The monoisotopic (exact) mass is 474 g/mol. The van der Waals surface area contributed by atoms with Gasteiger partial charge in [-0.05, 0) is 66.2 Å². The molecule has 2 atom stereocenters. The first-order chi connectivity index (χ1) is 17.0. The standard InChI is InChI=1S/C28H30N2O5/c31-25(30-15-17-9-11-28(30,12-10-17)26(32)33)23-13-18(23)14-29-27(34)35-16-24-21-7-3-1-5-19(21)20-6-2-4-8-22(20)24/h1-8,17-18,23-24H,9-16H2,(H,29,34)(H,32,33)/t17?,18-,23-,28?/m0/s1. The highest BCUT2D eigenvalue weighted by molar-refractivity contribution is 5.90. The van der Waals surface area contributed by atoms with Gasteiger partial charge in [0.1, 0.15) is 12.1 Å². The Morgan fingerprint density at radius 1 is 1.00 bits per heavy atom. The van der Waals surface area contributed by atoms with Crippen LogP contribution >= 0.6 is 0 Å². The minimum Gasteiger partial charge on any atom is -0.479 e. The number of ether oxygens (including phenoxy) is 1. The van der Waals surface area contributed by atoms with Crippen LogP contribution < -0.4 is 5.32 Å². The summed E-state index contributed by atoms with van der Waals surface area (Å²) in [5, 5.41) is 12.7. The van der Waals surface area contributed by atoms with Crippen molar-refractivity contribution in [2.24, 2.45) is 17.8 Å². The zero-order valence-corrected chi connectivity index (χ0v) is 19.6. The number of benzene rings is 2. The van der Waals surface area contributed by atoms with E-state index in [1.54, 1.807) is 4.90 Å². The predicted molar refractivity (Wildman–Crippen MR) is 129 cm³/mol. The van der Waals surface area contributed by atoms with Crippen LogP contribution in [0.25, 0.3) is 11.1 Å². The SMILES string of the molecule is O=C(NC[C@@H]1C[C@@H]1C(=O)N1CC2CCC1(C(=O)O)CC2)OCC1c2ccccc2-c2ccccc21. The topological polar surface area (TPSA) is 95.9 Å². The number of carbonyl (C=O) groups excluding carboxylic acids is 2. The van der Waals surface area contributed by atoms with Gasteiger partial charge in [-0.3, -0.25) is 4.79 Å². The molecule has 3 aliphatic carbocycles. The molecule has 2 aliphatic heterocycles. The Labute approximate surface area is 204 Å². The molecule has 2 saturated heterocycles. The smallest absolute Gasteiger partial charge is 0.407 e. The summed E-state index contributed by atoms with van der Waals surface area (Å²) >= 11 is 0. The second kappa shape index (κ2) is 8.40. The van der Waals surface area contributed by atoms with Crippen LogP contribution in [0.15, 0.2) is 48.5 Å². The lowest BCUT2D eigenvalue weighted by Crippen LogP contribution is -2.64. The van der Waals surface area contributed by atoms with Crippen molar-refractivity contribution in [2.45, 2.75) is 43.6 Å². The van der Waals surface area contributed by atoms with E-state index >= 15 is 0 Å². The Hall–Kier alpha value is -3.35. The number of piperidine rings is 2. The molecule has 35 heavy (non-hydrogen) atoms. The summed E-state index contributed by atoms with van der Waals surface area (Å²) in [6.07, 6.45) is 3.06. The normalized spacial score (nSPS) is 28.2. The first-order valence-corrected chi connectivity index (χ1v) is 12.6. The summed E-state index contributed by atoms with van der Waals surface area (Å²) in [6.45, 7) is 1.17. The summed E-state index contributed by atoms with van der Waals surface area (Å²) < 4.78 is 5.59. The van der Waals surface area contributed by atoms with Gasteiger partial charge in [0.15, 0.2) is 0 Å². The van der Waals surface area contributed by atoms with Crippen molar-refractivity contribution < 1.29 is 24.2 Å². The molecule has 0 spiro atoms. The van der Waals surface area contributed by atoms with Crippen LogP contribution in [0.5, 0.6) is 0 Å². The van der Waals surface area contributed by atoms with Crippen LogP contribution in [0.1, 0.15) is 49.1 Å². The molecule has 7 rings (SSSR count). The molecule has 7 heteroatoms. The van der Waals surface area contributed by atoms with Crippen LogP contribution in [0.2, 0.25) is 0 Å². The van der Waals surface area contributed by atoms with Gasteiger partial charge in [0.25, 0.3) is 0 Å². The molecule has 0 radical (unpaired) electrons. The molecule has 2 N–H and O–H groups in total. The minimum absolute atomic E-state index is 0.00475. The van der Waals surface area contributed by atoms with Crippen molar-refractivity contribution in [1.29, 1.82) is 0 Å². The van der Waals surface area contributed by atoms with E-state index in [1.807, 2.05) is 24.3 Å². The Morgan fingerprint density at radius 2 is 1.63 bits per heavy atom. The van der Waals surface area contributed by atoms with Gasteiger partial charge >= 0.3 is 12.1 Å². The van der Waals surface area contributed by atoms with Gasteiger partial charge in [-0.25, -0.2) is 9.59 Å². The van der Waals surface area contributed by atoms with Crippen LogP contribution in [-0.4, -0.2) is 53.2 Å². The minimum atomic E-state index is -1.03. The van der Waals surface area contributed by atoms with E-state index < -0.39 is 17.6 Å². The molecule has 4 fully saturated rings. The van der Waals surface area contributed by atoms with Crippen LogP contribution in [-0.2, 0) is 14.3 Å². The maximum Gasteiger partial charge on any atom is 0.407 e. The molecule has 0 aromatic heterocycles. The third-order valence-electron chi connectivity index (χ3n) is 8.65. The molecule has 182 valence electrons. The highest BCUT2D eigenvalue weighted by atomic mass is 16.5. The maximum absolute atomic E-state index is 13.2. The number of aliphatic carboxylic acids is 1. The summed E-state index contributed by atoms with van der Waals surface area (Å²) in [7, 11) is 0. The average molecular weight is 475 g/mol. The number of carboxylic acid groups (broad SMARTS) is 1. The lowest BCUT2D eigenvalue weighted by molar-refractivity contribution is -0.171. The molecule has 2 saturated carbocycles. The van der Waals surface area contributed by atoms with Crippen molar-refractivity contribution in [3.63, 3.8) is 0 Å². The van der Waals surface area contributed by atoms with E-state index in [2.05, 4.69) is 29.6 Å². The first-order valence-electron chi connectivity index (χ1n) is 12.6. The van der Waals surface area contributed by atoms with Crippen LogP contribution in [0.3, 0.4) is 0 Å². The fourth-order valence-electron chi connectivity index (χ4n) is 6.51. The molecule has 2 aromatic rings. The van der Waals surface area contributed by atoms with Gasteiger partial charge in [0.2, 0.25) is 5.91 Å². The molecule has 2 amide bonds. The van der Waals surface area contributed by atoms with E-state index in [0.717, 1.165) is 24.0 Å². The number of nitrogens with one attached hydrogen (secondary N) is 1. The van der Waals surface area contributed by atoms with Crippen molar-refractivity contribution in [3.05, 3.63) is 59.7 Å². The second-order valence-corrected chi connectivity index (χ2v) is 10.5. The number of hydrogen-bond donors (Lipinski definition) is 2. The molecule has 2 aromatic carbocycles. The molecule has 7 nitrogen and oxygen atoms in total. The fraction of sp³-hybridized carbons (Fsp3) is 0.464. The van der Waals surface area contributed by atoms with Crippen molar-refractivity contribution in [2.75, 3.05) is 19.7 Å². The number of amides is 2. The third-order valence-corrected chi connectivity index (χ3v) is 8.65. The van der Waals surface area contributed by atoms with Crippen molar-refractivity contribution in [3.8, 4) is 11.1 Å². The number of carbonyl (C=O) groups is 3. The zero-order chi connectivity index (χ0) is 24.2. The van der Waals surface area contributed by atoms with Gasteiger partial charge in [0.05, 0.1) is 0 Å². The number of alkyl carbamates (subject to hydrolysis) is 1. The lowest BCUT2D eigenvalue weighted by Gasteiger charge is -2.52. The van der Waals surface area contributed by atoms with E-state index in [1.165, 1.54) is 11.1 Å². The molecular weight excluding hydrogens is 444 g/mol. The third kappa shape index (κ3) is 3.68. The quantitative estimate of drug-likeness (QED) is 0.659. The van der Waals surface area contributed by atoms with E-state index in [9.17, 15) is 19.5 Å². The number of nitrogens with zero attached hydrogens (tertiary/aromatic N) is 1. The summed E-state index contributed by atoms with van der Waals surface area (Å²) in [6, 6.07) is 16.4. The van der Waals surface area contributed by atoms with E-state index in [0.29, 0.717) is 38.3 Å².